The Morgan fingerprint density at radius 3 is 1.94 bits per heavy atom. The van der Waals surface area contributed by atoms with Gasteiger partial charge in [-0.2, -0.15) is 0 Å². The van der Waals surface area contributed by atoms with Gasteiger partial charge in [-0.05, 0) is 75.5 Å². The number of esters is 1. The van der Waals surface area contributed by atoms with E-state index in [2.05, 4.69) is 94.7 Å². The van der Waals surface area contributed by atoms with E-state index in [-0.39, 0.29) is 24.9 Å². The molecule has 1 atom stereocenters. The quantitative estimate of drug-likeness (QED) is 0.0185. The minimum absolute atomic E-state index is 0.0136. The van der Waals surface area contributed by atoms with Crippen LogP contribution in [-0.2, 0) is 39.5 Å². The molecular formula is C52H56N6O8. The van der Waals surface area contributed by atoms with E-state index in [0.717, 1.165) is 58.2 Å². The number of nitrogens with zero attached hydrogens (tertiary/aromatic N) is 6. The summed E-state index contributed by atoms with van der Waals surface area (Å²) in [5.41, 5.74) is 5.95. The molecule has 0 unspecified atom stereocenters. The molecule has 0 N–H and O–H groups in total. The van der Waals surface area contributed by atoms with E-state index in [9.17, 15) is 19.7 Å². The van der Waals surface area contributed by atoms with Crippen LogP contribution in [-0.4, -0.2) is 55.4 Å². The summed E-state index contributed by atoms with van der Waals surface area (Å²) < 4.78 is 18.3. The van der Waals surface area contributed by atoms with Crippen molar-refractivity contribution in [2.45, 2.75) is 90.4 Å². The van der Waals surface area contributed by atoms with Crippen LogP contribution in [0, 0.1) is 16.0 Å². The van der Waals surface area contributed by atoms with E-state index < -0.39 is 28.5 Å². The Morgan fingerprint density at radius 1 is 0.758 bits per heavy atom. The molecular weight excluding hydrogens is 837 g/mol. The molecule has 0 amide bonds. The first-order valence-electron chi connectivity index (χ1n) is 22.6. The molecule has 0 radical (unpaired) electrons. The fourth-order valence-corrected chi connectivity index (χ4v) is 8.73. The lowest BCUT2D eigenvalue weighted by Gasteiger charge is -2.36. The SMILES string of the molecule is CCCCCN(Cc1ccc(-c2ccccc2-c2nnnn2C(c2ccccc2)(c2ccccc2)c2ccccc2)cc1)[C@H](C(=O)OCc1oc(=O)oc1CCCCCO[N+](=O)[O-])C(C)C. The Balaban J connectivity index is 1.14. The second-order valence-corrected chi connectivity index (χ2v) is 16.6. The second kappa shape index (κ2) is 22.6. The molecule has 7 rings (SSSR count). The number of benzene rings is 5. The molecule has 0 aliphatic heterocycles. The molecule has 0 fully saturated rings. The predicted molar refractivity (Wildman–Crippen MR) is 249 cm³/mol. The van der Waals surface area contributed by atoms with Crippen LogP contribution in [0.15, 0.2) is 153 Å². The fourth-order valence-electron chi connectivity index (χ4n) is 8.73. The highest BCUT2D eigenvalue weighted by molar-refractivity contribution is 5.81. The molecule has 7 aromatic rings. The molecule has 342 valence electrons. The average Bonchev–Trinajstić information content (AvgIpc) is 3.97. The summed E-state index contributed by atoms with van der Waals surface area (Å²) in [6.45, 7) is 7.06. The Kier molecular flexibility index (Phi) is 16.0. The number of tetrazole rings is 1. The predicted octanol–water partition coefficient (Wildman–Crippen LogP) is 10.1. The molecule has 66 heavy (non-hydrogen) atoms. The first kappa shape index (κ1) is 46.8. The zero-order valence-electron chi connectivity index (χ0n) is 37.7. The van der Waals surface area contributed by atoms with Gasteiger partial charge in [0.1, 0.15) is 11.6 Å². The van der Waals surface area contributed by atoms with Crippen molar-refractivity contribution in [3.63, 3.8) is 0 Å². The summed E-state index contributed by atoms with van der Waals surface area (Å²) in [4.78, 5) is 43.0. The molecule has 0 saturated carbocycles. The number of carbonyl (C=O) groups is 1. The maximum Gasteiger partial charge on any atom is 0.519 e. The molecule has 0 bridgehead atoms. The van der Waals surface area contributed by atoms with Crippen molar-refractivity contribution in [2.24, 2.45) is 5.92 Å². The van der Waals surface area contributed by atoms with Gasteiger partial charge in [-0.3, -0.25) is 9.69 Å². The zero-order valence-corrected chi connectivity index (χ0v) is 37.7. The molecule has 5 aromatic carbocycles. The van der Waals surface area contributed by atoms with Crippen molar-refractivity contribution in [1.82, 2.24) is 25.1 Å². The monoisotopic (exact) mass is 892 g/mol. The molecule has 0 saturated heterocycles. The molecule has 0 aliphatic rings. The highest BCUT2D eigenvalue weighted by Crippen LogP contribution is 2.43. The number of aryl methyl sites for hydroxylation is 1. The summed E-state index contributed by atoms with van der Waals surface area (Å²) >= 11 is 0. The van der Waals surface area contributed by atoms with E-state index in [0.29, 0.717) is 50.4 Å². The Bertz CT molecular complexity index is 2570. The van der Waals surface area contributed by atoms with Crippen LogP contribution >= 0.6 is 0 Å². The van der Waals surface area contributed by atoms with Crippen LogP contribution in [0.4, 0.5) is 0 Å². The number of carbonyl (C=O) groups excluding carboxylic acids is 1. The van der Waals surface area contributed by atoms with Gasteiger partial charge in [0.25, 0.3) is 5.09 Å². The zero-order chi connectivity index (χ0) is 46.3. The maximum absolute atomic E-state index is 14.0. The van der Waals surface area contributed by atoms with Crippen LogP contribution in [0.25, 0.3) is 22.5 Å². The van der Waals surface area contributed by atoms with Crippen molar-refractivity contribution in [2.75, 3.05) is 13.2 Å². The minimum Gasteiger partial charge on any atom is -0.456 e. The lowest BCUT2D eigenvalue weighted by Crippen LogP contribution is -2.45. The van der Waals surface area contributed by atoms with E-state index in [1.807, 2.05) is 85.3 Å². The largest absolute Gasteiger partial charge is 0.519 e. The third kappa shape index (κ3) is 11.0. The van der Waals surface area contributed by atoms with E-state index >= 15 is 0 Å². The lowest BCUT2D eigenvalue weighted by atomic mass is 9.77. The van der Waals surface area contributed by atoms with Crippen molar-refractivity contribution < 1.29 is 28.3 Å². The van der Waals surface area contributed by atoms with Gasteiger partial charge in [0.15, 0.2) is 24.0 Å². The number of unbranched alkanes of at least 4 members (excludes halogenated alkanes) is 4. The van der Waals surface area contributed by atoms with Crippen molar-refractivity contribution in [3.8, 4) is 22.5 Å². The molecule has 2 aromatic heterocycles. The van der Waals surface area contributed by atoms with Gasteiger partial charge in [-0.15, -0.1) is 15.2 Å². The molecule has 0 aliphatic carbocycles. The van der Waals surface area contributed by atoms with Crippen molar-refractivity contribution >= 4 is 5.97 Å². The van der Waals surface area contributed by atoms with Gasteiger partial charge < -0.3 is 18.4 Å². The van der Waals surface area contributed by atoms with Crippen LogP contribution in [0.3, 0.4) is 0 Å². The topological polar surface area (TPSA) is 169 Å². The van der Waals surface area contributed by atoms with Gasteiger partial charge in [-0.1, -0.05) is 180 Å². The van der Waals surface area contributed by atoms with E-state index in [1.54, 1.807) is 0 Å². The normalized spacial score (nSPS) is 12.1. The van der Waals surface area contributed by atoms with E-state index in [1.165, 1.54) is 0 Å². The Morgan fingerprint density at radius 2 is 1.35 bits per heavy atom. The van der Waals surface area contributed by atoms with E-state index in [4.69, 9.17) is 23.9 Å². The third-order valence-corrected chi connectivity index (χ3v) is 11.8. The van der Waals surface area contributed by atoms with Gasteiger partial charge in [0, 0.05) is 18.5 Å². The maximum atomic E-state index is 14.0. The first-order valence-corrected chi connectivity index (χ1v) is 22.6. The van der Waals surface area contributed by atoms with Crippen LogP contribution in [0.2, 0.25) is 0 Å². The van der Waals surface area contributed by atoms with Crippen LogP contribution in [0.1, 0.15) is 93.1 Å². The average molecular weight is 893 g/mol. The Labute approximate surface area is 384 Å². The van der Waals surface area contributed by atoms with Gasteiger partial charge in [0.05, 0.1) is 6.61 Å². The van der Waals surface area contributed by atoms with Gasteiger partial charge in [-0.25, -0.2) is 9.48 Å². The van der Waals surface area contributed by atoms with Crippen LogP contribution < -0.4 is 5.82 Å². The smallest absolute Gasteiger partial charge is 0.456 e. The third-order valence-electron chi connectivity index (χ3n) is 11.8. The summed E-state index contributed by atoms with van der Waals surface area (Å²) in [6.07, 6.45) is 4.93. The first-order chi connectivity index (χ1) is 32.2. The minimum atomic E-state index is -0.914. The standard InChI is InChI=1S/C52H56N6O8/c1-4-5-19-34-56(48(38(2)3)50(59)63-37-47-46(65-51(60)66-47)29-16-9-20-35-64-58(61)62)36-39-30-32-40(33-31-39)44-27-17-18-28-45(44)49-53-54-55-57(49)52(41-21-10-6-11-22-41,42-23-12-7-13-24-42)43-25-14-8-15-26-43/h6-8,10-15,17-18,21-28,30-33,38,48H,4-5,9,16,19-20,29,34-37H2,1-3H3/t48-/m0/s1. The number of rotatable bonds is 24. The molecule has 0 spiro atoms. The highest BCUT2D eigenvalue weighted by atomic mass is 16.9. The lowest BCUT2D eigenvalue weighted by molar-refractivity contribution is -0.757. The number of hydrogen-bond donors (Lipinski definition) is 0. The highest BCUT2D eigenvalue weighted by Gasteiger charge is 2.42. The van der Waals surface area contributed by atoms with Gasteiger partial charge >= 0.3 is 11.8 Å². The molecule has 14 nitrogen and oxygen atoms in total. The fraction of sp³-hybridized carbons (Fsp3) is 0.327. The summed E-state index contributed by atoms with van der Waals surface area (Å²) in [5, 5.41) is 23.4. The molecule has 14 heteroatoms. The van der Waals surface area contributed by atoms with Crippen LogP contribution in [0.5, 0.6) is 0 Å². The Hall–Kier alpha value is -7.19. The summed E-state index contributed by atoms with van der Waals surface area (Å²) in [5.74, 6) is -0.333. The van der Waals surface area contributed by atoms with Crippen molar-refractivity contribution in [3.05, 3.63) is 194 Å². The molecule has 2 heterocycles. The number of ether oxygens (including phenoxy) is 1. The second-order valence-electron chi connectivity index (χ2n) is 16.6. The van der Waals surface area contributed by atoms with Crippen molar-refractivity contribution in [1.29, 1.82) is 0 Å². The number of hydrogen-bond acceptors (Lipinski definition) is 12. The number of aromatic nitrogens is 4. The summed E-state index contributed by atoms with van der Waals surface area (Å²) in [7, 11) is 0. The van der Waals surface area contributed by atoms with Gasteiger partial charge in [0.2, 0.25) is 0 Å². The summed E-state index contributed by atoms with van der Waals surface area (Å²) in [6, 6.07) is 47.0.